The minimum Gasteiger partial charge on any atom is -0.483 e. The van der Waals surface area contributed by atoms with Gasteiger partial charge >= 0.3 is 11.6 Å². The second-order valence-corrected chi connectivity index (χ2v) is 7.85. The van der Waals surface area contributed by atoms with Crippen molar-refractivity contribution in [2.24, 2.45) is 0 Å². The van der Waals surface area contributed by atoms with Gasteiger partial charge in [-0.25, -0.2) is 9.59 Å². The van der Waals surface area contributed by atoms with Gasteiger partial charge in [0.25, 0.3) is 5.91 Å². The number of thioether (sulfide) groups is 1. The summed E-state index contributed by atoms with van der Waals surface area (Å²) in [6, 6.07) is 2.64. The second kappa shape index (κ2) is 8.68. The standard InChI is InChI=1S/C20H23NO6S/c1-11-8-15(26-10-17(22)21-14(19(23)24)6-7-28-2)18-12-4-3-5-13(12)20(25)27-16(18)9-11/h8-9,14H,3-7,10H2,1-2H3,(H,21,22)(H,23,24)/t14-/m0/s1. The van der Waals surface area contributed by atoms with Gasteiger partial charge in [-0.05, 0) is 67.9 Å². The summed E-state index contributed by atoms with van der Waals surface area (Å²) < 4.78 is 11.2. The fourth-order valence-electron chi connectivity index (χ4n) is 3.49. The summed E-state index contributed by atoms with van der Waals surface area (Å²) in [4.78, 5) is 35.7. The molecule has 28 heavy (non-hydrogen) atoms. The monoisotopic (exact) mass is 405 g/mol. The van der Waals surface area contributed by atoms with Crippen LogP contribution in [0.4, 0.5) is 0 Å². The number of carbonyl (C=O) groups is 2. The first kappa shape index (κ1) is 20.3. The van der Waals surface area contributed by atoms with Gasteiger partial charge in [0.2, 0.25) is 0 Å². The third kappa shape index (κ3) is 4.32. The Morgan fingerprint density at radius 1 is 1.32 bits per heavy atom. The zero-order valence-corrected chi connectivity index (χ0v) is 16.7. The van der Waals surface area contributed by atoms with Crippen LogP contribution >= 0.6 is 11.8 Å². The van der Waals surface area contributed by atoms with Gasteiger partial charge in [-0.1, -0.05) is 0 Å². The number of aliphatic carboxylic acids is 1. The van der Waals surface area contributed by atoms with Crippen LogP contribution in [0.15, 0.2) is 21.3 Å². The highest BCUT2D eigenvalue weighted by atomic mass is 32.2. The quantitative estimate of drug-likeness (QED) is 0.649. The lowest BCUT2D eigenvalue weighted by molar-refractivity contribution is -0.142. The van der Waals surface area contributed by atoms with Crippen LogP contribution in [-0.4, -0.2) is 41.6 Å². The van der Waals surface area contributed by atoms with E-state index in [4.69, 9.17) is 9.15 Å². The Balaban J connectivity index is 1.81. The highest BCUT2D eigenvalue weighted by Crippen LogP contribution is 2.35. The normalized spacial score (nSPS) is 13.9. The molecule has 1 aromatic heterocycles. The zero-order valence-electron chi connectivity index (χ0n) is 15.9. The van der Waals surface area contributed by atoms with E-state index in [1.807, 2.05) is 13.2 Å². The fourth-order valence-corrected chi connectivity index (χ4v) is 3.96. The van der Waals surface area contributed by atoms with Gasteiger partial charge in [-0.2, -0.15) is 11.8 Å². The smallest absolute Gasteiger partial charge is 0.339 e. The molecular weight excluding hydrogens is 382 g/mol. The first-order chi connectivity index (χ1) is 13.4. The first-order valence-corrected chi connectivity index (χ1v) is 10.5. The van der Waals surface area contributed by atoms with Crippen molar-refractivity contribution in [2.75, 3.05) is 18.6 Å². The lowest BCUT2D eigenvalue weighted by Crippen LogP contribution is -2.43. The molecule has 0 unspecified atom stereocenters. The molecule has 1 aliphatic carbocycles. The van der Waals surface area contributed by atoms with Crippen LogP contribution in [0.2, 0.25) is 0 Å². The summed E-state index contributed by atoms with van der Waals surface area (Å²) in [6.45, 7) is 1.54. The van der Waals surface area contributed by atoms with Crippen molar-refractivity contribution in [3.63, 3.8) is 0 Å². The van der Waals surface area contributed by atoms with Gasteiger partial charge in [0.15, 0.2) is 6.61 Å². The molecule has 0 spiro atoms. The number of hydrogen-bond donors (Lipinski definition) is 2. The lowest BCUT2D eigenvalue weighted by atomic mass is 10.0. The molecule has 1 atom stereocenters. The van der Waals surface area contributed by atoms with Crippen molar-refractivity contribution >= 4 is 34.6 Å². The van der Waals surface area contributed by atoms with E-state index in [2.05, 4.69) is 5.32 Å². The van der Waals surface area contributed by atoms with Gasteiger partial charge in [0, 0.05) is 5.56 Å². The van der Waals surface area contributed by atoms with Gasteiger partial charge in [-0.3, -0.25) is 4.79 Å². The molecule has 3 rings (SSSR count). The number of nitrogens with one attached hydrogen (secondary N) is 1. The minimum absolute atomic E-state index is 0.310. The number of ether oxygens (including phenoxy) is 1. The second-order valence-electron chi connectivity index (χ2n) is 6.86. The maximum atomic E-state index is 12.2. The van der Waals surface area contributed by atoms with E-state index in [1.54, 1.807) is 12.1 Å². The Bertz CT molecular complexity index is 967. The van der Waals surface area contributed by atoms with Crippen LogP contribution in [0.25, 0.3) is 11.0 Å². The summed E-state index contributed by atoms with van der Waals surface area (Å²) in [5.41, 5.74) is 2.57. The third-order valence-corrected chi connectivity index (χ3v) is 5.43. The van der Waals surface area contributed by atoms with Gasteiger partial charge in [0.1, 0.15) is 17.4 Å². The molecule has 7 nitrogen and oxygen atoms in total. The molecule has 0 radical (unpaired) electrons. The molecule has 8 heteroatoms. The molecule has 1 aliphatic rings. The fraction of sp³-hybridized carbons (Fsp3) is 0.450. The SMILES string of the molecule is CSCC[C@H](NC(=O)COc1cc(C)cc2oc(=O)c3c(c12)CCC3)C(=O)O. The zero-order chi connectivity index (χ0) is 20.3. The largest absolute Gasteiger partial charge is 0.483 e. The first-order valence-electron chi connectivity index (χ1n) is 9.13. The van der Waals surface area contributed by atoms with Crippen molar-refractivity contribution in [3.8, 4) is 5.75 Å². The van der Waals surface area contributed by atoms with Crippen LogP contribution in [0.1, 0.15) is 29.5 Å². The predicted molar refractivity (Wildman–Crippen MR) is 107 cm³/mol. The highest BCUT2D eigenvalue weighted by molar-refractivity contribution is 7.98. The number of fused-ring (bicyclic) bond motifs is 3. The predicted octanol–water partition coefficient (Wildman–Crippen LogP) is 2.29. The lowest BCUT2D eigenvalue weighted by Gasteiger charge is -2.16. The number of benzene rings is 1. The van der Waals surface area contributed by atoms with E-state index in [0.29, 0.717) is 35.5 Å². The highest BCUT2D eigenvalue weighted by Gasteiger charge is 2.23. The average molecular weight is 405 g/mol. The molecule has 0 aliphatic heterocycles. The molecule has 0 saturated heterocycles. The maximum Gasteiger partial charge on any atom is 0.339 e. The summed E-state index contributed by atoms with van der Waals surface area (Å²) >= 11 is 1.52. The van der Waals surface area contributed by atoms with Crippen molar-refractivity contribution in [1.82, 2.24) is 5.32 Å². The summed E-state index contributed by atoms with van der Waals surface area (Å²) in [5.74, 6) is -0.463. The number of aryl methyl sites for hydroxylation is 2. The van der Waals surface area contributed by atoms with Crippen molar-refractivity contribution in [3.05, 3.63) is 39.2 Å². The van der Waals surface area contributed by atoms with E-state index >= 15 is 0 Å². The molecule has 1 aromatic carbocycles. The number of rotatable bonds is 8. The number of carboxylic acids is 1. The van der Waals surface area contributed by atoms with Crippen molar-refractivity contribution in [2.45, 2.75) is 38.6 Å². The number of amides is 1. The molecule has 0 saturated carbocycles. The Morgan fingerprint density at radius 3 is 2.79 bits per heavy atom. The Morgan fingerprint density at radius 2 is 2.07 bits per heavy atom. The van der Waals surface area contributed by atoms with E-state index in [1.165, 1.54) is 11.8 Å². The van der Waals surface area contributed by atoms with E-state index < -0.39 is 17.9 Å². The summed E-state index contributed by atoms with van der Waals surface area (Å²) in [7, 11) is 0. The van der Waals surface area contributed by atoms with Crippen molar-refractivity contribution < 1.29 is 23.8 Å². The molecule has 1 heterocycles. The summed E-state index contributed by atoms with van der Waals surface area (Å²) in [6.07, 6.45) is 4.54. The van der Waals surface area contributed by atoms with Crippen LogP contribution in [0.3, 0.4) is 0 Å². The van der Waals surface area contributed by atoms with E-state index in [0.717, 1.165) is 29.4 Å². The average Bonchev–Trinajstić information content (AvgIpc) is 3.13. The molecule has 0 bridgehead atoms. The maximum absolute atomic E-state index is 12.2. The molecule has 1 amide bonds. The molecule has 150 valence electrons. The molecule has 0 fully saturated rings. The Kier molecular flexibility index (Phi) is 6.28. The van der Waals surface area contributed by atoms with E-state index in [-0.39, 0.29) is 12.2 Å². The van der Waals surface area contributed by atoms with Gasteiger partial charge < -0.3 is 19.6 Å². The van der Waals surface area contributed by atoms with Gasteiger partial charge in [0.05, 0.1) is 5.39 Å². The van der Waals surface area contributed by atoms with Gasteiger partial charge in [-0.15, -0.1) is 0 Å². The summed E-state index contributed by atoms with van der Waals surface area (Å²) in [5, 5.41) is 12.5. The number of hydrogen-bond acceptors (Lipinski definition) is 6. The number of carbonyl (C=O) groups excluding carboxylic acids is 1. The molecular formula is C20H23NO6S. The third-order valence-electron chi connectivity index (χ3n) is 4.78. The van der Waals surface area contributed by atoms with Crippen LogP contribution < -0.4 is 15.7 Å². The van der Waals surface area contributed by atoms with E-state index in [9.17, 15) is 19.5 Å². The minimum atomic E-state index is -1.07. The molecule has 2 aromatic rings. The van der Waals surface area contributed by atoms with Crippen LogP contribution in [-0.2, 0) is 22.4 Å². The molecule has 2 N–H and O–H groups in total. The topological polar surface area (TPSA) is 106 Å². The van der Waals surface area contributed by atoms with Crippen LogP contribution in [0, 0.1) is 6.92 Å². The Hall–Kier alpha value is -2.48. The van der Waals surface area contributed by atoms with Crippen LogP contribution in [0.5, 0.6) is 5.75 Å². The Labute approximate surface area is 166 Å². The number of carboxylic acid groups (broad SMARTS) is 1. The van der Waals surface area contributed by atoms with Crippen molar-refractivity contribution in [1.29, 1.82) is 0 Å².